The van der Waals surface area contributed by atoms with Gasteiger partial charge in [0.05, 0.1) is 48.8 Å². The van der Waals surface area contributed by atoms with Gasteiger partial charge in [-0.2, -0.15) is 0 Å². The van der Waals surface area contributed by atoms with Crippen molar-refractivity contribution < 1.29 is 76.7 Å². The molecule has 0 aromatic rings. The Morgan fingerprint density at radius 1 is 0.484 bits per heavy atom. The highest BCUT2D eigenvalue weighted by Gasteiger charge is 2.52. The third kappa shape index (κ3) is 28.0. The summed E-state index contributed by atoms with van der Waals surface area (Å²) < 4.78 is 31.1. The molecular weight excluding hydrogens is 1220 g/mol. The van der Waals surface area contributed by atoms with E-state index in [0.29, 0.717) is 0 Å². The molecule has 13 atom stereocenters. The van der Waals surface area contributed by atoms with E-state index in [4.69, 9.17) is 44.3 Å². The minimum atomic E-state index is -2.30. The number of hydrogen-bond donors (Lipinski definition) is 5. The summed E-state index contributed by atoms with van der Waals surface area (Å²) in [5, 5.41) is 46.4. The van der Waals surface area contributed by atoms with Crippen LogP contribution in [0.2, 0.25) is 72.5 Å². The largest absolute Gasteiger partial charge is 0.481 e. The number of carboxylic acid groups (broad SMARTS) is 3. The lowest BCUT2D eigenvalue weighted by molar-refractivity contribution is -0.148. The fourth-order valence-electron chi connectivity index (χ4n) is 9.33. The van der Waals surface area contributed by atoms with Gasteiger partial charge < -0.3 is 48.0 Å². The van der Waals surface area contributed by atoms with Gasteiger partial charge in [-0.25, -0.2) is 0 Å². The van der Waals surface area contributed by atoms with Crippen LogP contribution in [0.4, 0.5) is 0 Å². The van der Waals surface area contributed by atoms with Crippen molar-refractivity contribution in [1.82, 2.24) is 0 Å². The lowest BCUT2D eigenvalue weighted by Gasteiger charge is -2.46. The zero-order chi connectivity index (χ0) is 73.4. The van der Waals surface area contributed by atoms with Crippen LogP contribution < -0.4 is 0 Å². The van der Waals surface area contributed by atoms with Crippen molar-refractivity contribution in [3.63, 3.8) is 0 Å². The predicted octanol–water partition coefficient (Wildman–Crippen LogP) is 17.0. The van der Waals surface area contributed by atoms with Gasteiger partial charge in [0.2, 0.25) is 6.58 Å². The van der Waals surface area contributed by atoms with Gasteiger partial charge in [0.25, 0.3) is 0 Å². The van der Waals surface area contributed by atoms with Gasteiger partial charge in [-0.15, -0.1) is 13.2 Å². The first-order valence-corrected chi connectivity index (χ1v) is 44.7. The van der Waals surface area contributed by atoms with Crippen molar-refractivity contribution in [1.29, 1.82) is 0 Å². The quantitative estimate of drug-likeness (QED) is 0.0239. The van der Waals surface area contributed by atoms with E-state index < -0.39 is 104 Å². The highest BCUT2D eigenvalue weighted by Crippen LogP contribution is 2.46. The topological polar surface area (TPSA) is 250 Å². The van der Waals surface area contributed by atoms with Crippen molar-refractivity contribution >= 4 is 68.5 Å². The van der Waals surface area contributed by atoms with Crippen molar-refractivity contribution in [3.8, 4) is 0 Å². The standard InChI is InChI=1S/C26H52O5Si2.C21H38O4Si.C20H38O5Si.C4H8O2/c1-16-18(2)22(31-33(14,15)25(7,8)9)19(3)23(29)26(10,11)20(17-21(27)28)30-32(12,13)24(4,5)6;1-12-14(2)18(25-26(10,11)20(5,6)7)16(4)19(24)21(8,9)15(3)13-17(22)23;1-11-13(2)17(25-26(9,10)19(4,5)6)14(3)18(24)20(7,8)15(21)12-16(22)23;5-4-2-1-3-6-4/h16,18-20,22H,1,17H2,2-15H3,(H,27,28);1,12,14-16,18H,13H2,2-11H3;11,13-15,17,21H,1,12H2,2-10H3,(H,22,23);4-5H,1-3H2/p+1/t18-,19?,20-,22-;14-,15-,16?,18?;13-,14?,15-,17?;/m000./s1. The van der Waals surface area contributed by atoms with Crippen LogP contribution in [0.15, 0.2) is 31.4 Å². The van der Waals surface area contributed by atoms with Crippen LogP contribution in [0.3, 0.4) is 0 Å². The van der Waals surface area contributed by atoms with Crippen LogP contribution in [-0.2, 0) is 51.2 Å². The zero-order valence-corrected chi connectivity index (χ0v) is 67.7. The van der Waals surface area contributed by atoms with E-state index in [9.17, 15) is 39.0 Å². The molecule has 1 fully saturated rings. The number of rotatable bonds is 32. The number of ether oxygens (including phenoxy) is 1. The molecule has 1 aliphatic rings. The highest BCUT2D eigenvalue weighted by molar-refractivity contribution is 6.75. The van der Waals surface area contributed by atoms with E-state index in [-0.39, 0.29) is 98.2 Å². The Hall–Kier alpha value is -2.86. The first kappa shape index (κ1) is 92.3. The van der Waals surface area contributed by atoms with E-state index in [1.165, 1.54) is 0 Å². The lowest BCUT2D eigenvalue weighted by Crippen LogP contribution is -2.54. The summed E-state index contributed by atoms with van der Waals surface area (Å²) in [5.41, 5.74) is -2.90. The molecule has 91 heavy (non-hydrogen) atoms. The molecule has 1 heterocycles. The first-order valence-electron chi connectivity index (χ1n) is 33.1. The van der Waals surface area contributed by atoms with Gasteiger partial charge in [0.1, 0.15) is 17.3 Å². The van der Waals surface area contributed by atoms with E-state index in [1.807, 2.05) is 75.3 Å². The summed E-state index contributed by atoms with van der Waals surface area (Å²) >= 11 is 0. The number of carboxylic acids is 3. The predicted molar refractivity (Wildman–Crippen MR) is 382 cm³/mol. The number of aliphatic hydroxyl groups excluding tert-OH is 2. The third-order valence-electron chi connectivity index (χ3n) is 21.2. The second-order valence-electron chi connectivity index (χ2n) is 33.9. The molecule has 0 aliphatic carbocycles. The fraction of sp³-hybridized carbons (Fsp3) is 0.831. The summed E-state index contributed by atoms with van der Waals surface area (Å²) in [4.78, 5) is 74.1. The van der Waals surface area contributed by atoms with E-state index >= 15 is 0 Å². The normalized spacial score (nSPS) is 18.9. The van der Waals surface area contributed by atoms with Gasteiger partial charge in [-0.3, -0.25) is 28.8 Å². The molecule has 0 bridgehead atoms. The Balaban J connectivity index is -0.00000122. The SMILES string of the molecule is C=C[C@H](C)C(O[Si](C)(C)C(C)(C)C)C(C)C(=O)C(C)(C)[C@@H](O)CC(=O)O.C=C[C@H](C)[C@H](O[Si](C)(C)C(C)(C)C)C(C)C(=O)C(C)(C)[C@H](CC(=O)O)O[Si](C)(C)C(C)(C)C.OC1CCCO1.[CH+]=C[C@H](C)C(O[Si](C)(C)C(C)(C)C)C(C)C(=O)C(C)(C)[C@@H](C)CC(=O)O. The molecule has 5 N–H and O–H groups in total. The maximum absolute atomic E-state index is 14.0. The zero-order valence-electron chi connectivity index (χ0n) is 63.7. The first-order chi connectivity index (χ1) is 40.3. The number of aliphatic carboxylic acids is 3. The maximum Gasteiger partial charge on any atom is 0.306 e. The molecule has 6 unspecified atom stereocenters. The van der Waals surface area contributed by atoms with Crippen LogP contribution in [0, 0.1) is 64.2 Å². The lowest BCUT2D eigenvalue weighted by atomic mass is 9.69. The van der Waals surface area contributed by atoms with Crippen LogP contribution in [0.5, 0.6) is 0 Å². The summed E-state index contributed by atoms with van der Waals surface area (Å²) in [7, 11) is -8.66. The Bertz CT molecular complexity index is 2250. The Morgan fingerprint density at radius 3 is 1.01 bits per heavy atom. The van der Waals surface area contributed by atoms with Gasteiger partial charge in [0, 0.05) is 54.0 Å². The molecule has 1 aliphatic heterocycles. The highest BCUT2D eigenvalue weighted by atomic mass is 28.4. The molecule has 0 spiro atoms. The molecule has 1 saturated heterocycles. The van der Waals surface area contributed by atoms with Crippen molar-refractivity contribution in [2.45, 2.75) is 315 Å². The minimum absolute atomic E-state index is 0.00170. The molecule has 0 amide bonds. The fourth-order valence-corrected chi connectivity index (χ4v) is 15.1. The summed E-state index contributed by atoms with van der Waals surface area (Å²) in [6, 6.07) is 0. The van der Waals surface area contributed by atoms with Crippen LogP contribution in [-0.4, -0.2) is 137 Å². The summed E-state index contributed by atoms with van der Waals surface area (Å²) in [6.07, 6.45) is 2.94. The Kier molecular flexibility index (Phi) is 36.5. The summed E-state index contributed by atoms with van der Waals surface area (Å²) in [5.74, 6) is -4.85. The van der Waals surface area contributed by atoms with Gasteiger partial charge in [-0.05, 0) is 96.7 Å². The van der Waals surface area contributed by atoms with Crippen LogP contribution in [0.1, 0.15) is 205 Å². The average molecular weight is 1360 g/mol. The second-order valence-corrected chi connectivity index (χ2v) is 53.0. The monoisotopic (exact) mass is 1360 g/mol. The number of ketones is 3. The minimum Gasteiger partial charge on any atom is -0.481 e. The molecule has 20 heteroatoms. The van der Waals surface area contributed by atoms with Crippen molar-refractivity contribution in [3.05, 3.63) is 38.0 Å². The Morgan fingerprint density at radius 2 is 0.769 bits per heavy atom. The van der Waals surface area contributed by atoms with Crippen LogP contribution >= 0.6 is 0 Å². The molecule has 532 valence electrons. The Labute approximate surface area is 559 Å². The second kappa shape index (κ2) is 35.9. The van der Waals surface area contributed by atoms with Crippen molar-refractivity contribution in [2.75, 3.05) is 6.61 Å². The van der Waals surface area contributed by atoms with Crippen molar-refractivity contribution in [2.24, 2.45) is 57.7 Å². The molecule has 16 nitrogen and oxygen atoms in total. The third-order valence-corrected chi connectivity index (χ3v) is 39.1. The van der Waals surface area contributed by atoms with Gasteiger partial charge in [-0.1, -0.05) is 185 Å². The molecule has 1 rings (SSSR count). The molecular formula is C71H137O16Si4+. The molecule has 0 aromatic heterocycles. The number of Topliss-reactive ketones (excluding diaryl/α,β-unsaturated/α-hetero) is 3. The van der Waals surface area contributed by atoms with Crippen LogP contribution in [0.25, 0.3) is 0 Å². The smallest absolute Gasteiger partial charge is 0.306 e. The van der Waals surface area contributed by atoms with Gasteiger partial charge >= 0.3 is 17.9 Å². The number of carbonyl (C=O) groups excluding carboxylic acids is 3. The van der Waals surface area contributed by atoms with E-state index in [1.54, 1.807) is 32.9 Å². The average Bonchev–Trinajstić information content (AvgIpc) is 0.944. The molecule has 0 aromatic carbocycles. The number of hydrogen-bond acceptors (Lipinski definition) is 13. The number of carbonyl (C=O) groups is 6. The van der Waals surface area contributed by atoms with E-state index in [2.05, 4.69) is 149 Å². The van der Waals surface area contributed by atoms with E-state index in [0.717, 1.165) is 19.4 Å². The number of aliphatic hydroxyl groups is 2. The molecule has 0 radical (unpaired) electrons. The molecule has 0 saturated carbocycles. The summed E-state index contributed by atoms with van der Waals surface area (Å²) in [6.45, 7) is 81.2. The maximum atomic E-state index is 14.0. The van der Waals surface area contributed by atoms with Gasteiger partial charge in [0.15, 0.2) is 45.6 Å².